The zero-order chi connectivity index (χ0) is 12.1. The highest BCUT2D eigenvalue weighted by Crippen LogP contribution is 2.68. The number of nitrogens with zero attached hydrogens (tertiary/aromatic N) is 1. The molecule has 0 radical (unpaired) electrons. The second-order valence-corrected chi connectivity index (χ2v) is 6.54. The molecule has 2 rings (SSSR count). The first-order valence-electron chi connectivity index (χ1n) is 6.33. The van der Waals surface area contributed by atoms with Gasteiger partial charge >= 0.3 is 0 Å². The normalized spacial score (nSPS) is 27.5. The Morgan fingerprint density at radius 2 is 1.53 bits per heavy atom. The molecule has 0 atom stereocenters. The lowest BCUT2D eigenvalue weighted by Gasteiger charge is -2.31. The molecule has 0 unspecified atom stereocenters. The van der Waals surface area contributed by atoms with Gasteiger partial charge in [-0.15, -0.1) is 12.4 Å². The van der Waals surface area contributed by atoms with Gasteiger partial charge in [0.05, 0.1) is 0 Å². The van der Waals surface area contributed by atoms with Crippen molar-refractivity contribution in [3.05, 3.63) is 0 Å². The Kier molecular flexibility index (Phi) is 3.85. The van der Waals surface area contributed by atoms with E-state index in [0.717, 1.165) is 25.9 Å². The number of amides is 1. The number of carbonyl (C=O) groups is 1. The average molecular weight is 261 g/mol. The molecule has 1 aliphatic heterocycles. The summed E-state index contributed by atoms with van der Waals surface area (Å²) in [6.07, 6.45) is 1.92. The Morgan fingerprint density at radius 3 is 1.88 bits per heavy atom. The third kappa shape index (κ3) is 2.19. The van der Waals surface area contributed by atoms with Gasteiger partial charge in [-0.05, 0) is 23.7 Å². The lowest BCUT2D eigenvalue weighted by Crippen LogP contribution is -2.44. The summed E-state index contributed by atoms with van der Waals surface area (Å²) < 4.78 is 0. The molecule has 0 aromatic carbocycles. The van der Waals surface area contributed by atoms with Gasteiger partial charge in [-0.1, -0.05) is 27.7 Å². The molecule has 0 aromatic heterocycles. The molecule has 1 amide bonds. The first kappa shape index (κ1) is 14.8. The quantitative estimate of drug-likeness (QED) is 0.784. The summed E-state index contributed by atoms with van der Waals surface area (Å²) in [5.41, 5.74) is 6.17. The molecule has 2 N–H and O–H groups in total. The van der Waals surface area contributed by atoms with Crippen molar-refractivity contribution >= 4 is 18.3 Å². The fraction of sp³-hybridized carbons (Fsp3) is 0.923. The molecule has 0 aromatic rings. The van der Waals surface area contributed by atoms with E-state index in [1.54, 1.807) is 0 Å². The van der Waals surface area contributed by atoms with Crippen LogP contribution in [0.3, 0.4) is 0 Å². The molecule has 17 heavy (non-hydrogen) atoms. The third-order valence-corrected chi connectivity index (χ3v) is 5.12. The molecule has 0 bridgehead atoms. The molecular weight excluding hydrogens is 236 g/mol. The third-order valence-electron chi connectivity index (χ3n) is 5.12. The molecule has 2 aliphatic rings. The fourth-order valence-corrected chi connectivity index (χ4v) is 3.12. The molecule has 1 heterocycles. The van der Waals surface area contributed by atoms with Crippen LogP contribution in [0.2, 0.25) is 0 Å². The van der Waals surface area contributed by atoms with Crippen LogP contribution in [-0.2, 0) is 4.79 Å². The summed E-state index contributed by atoms with van der Waals surface area (Å²) in [5, 5.41) is 0. The van der Waals surface area contributed by atoms with E-state index in [1.165, 1.54) is 0 Å². The van der Waals surface area contributed by atoms with E-state index in [1.807, 2.05) is 4.90 Å². The number of piperidine rings is 1. The van der Waals surface area contributed by atoms with Crippen LogP contribution in [0.1, 0.15) is 40.5 Å². The topological polar surface area (TPSA) is 46.3 Å². The van der Waals surface area contributed by atoms with Gasteiger partial charge in [0.1, 0.15) is 0 Å². The van der Waals surface area contributed by atoms with Gasteiger partial charge in [-0.25, -0.2) is 0 Å². The predicted octanol–water partition coefficient (Wildman–Crippen LogP) is 2.04. The maximum absolute atomic E-state index is 12.4. The summed E-state index contributed by atoms with van der Waals surface area (Å²) >= 11 is 0. The Balaban J connectivity index is 0.00000144. The minimum atomic E-state index is 0. The van der Waals surface area contributed by atoms with Crippen molar-refractivity contribution < 1.29 is 4.79 Å². The molecular formula is C13H25ClN2O. The van der Waals surface area contributed by atoms with Crippen LogP contribution in [0.4, 0.5) is 0 Å². The summed E-state index contributed by atoms with van der Waals surface area (Å²) in [6.45, 7) is 10.5. The van der Waals surface area contributed by atoms with Crippen molar-refractivity contribution in [2.45, 2.75) is 46.6 Å². The van der Waals surface area contributed by atoms with Gasteiger partial charge in [-0.3, -0.25) is 4.79 Å². The van der Waals surface area contributed by atoms with Crippen LogP contribution in [0.5, 0.6) is 0 Å². The minimum absolute atomic E-state index is 0. The number of likely N-dealkylation sites (tertiary alicyclic amines) is 1. The van der Waals surface area contributed by atoms with Crippen molar-refractivity contribution in [1.29, 1.82) is 0 Å². The maximum Gasteiger partial charge on any atom is 0.226 e. The molecule has 2 fully saturated rings. The van der Waals surface area contributed by atoms with E-state index in [2.05, 4.69) is 27.7 Å². The van der Waals surface area contributed by atoms with Crippen LogP contribution in [0, 0.1) is 16.7 Å². The van der Waals surface area contributed by atoms with E-state index >= 15 is 0 Å². The Labute approximate surface area is 111 Å². The average Bonchev–Trinajstić information content (AvgIpc) is 2.57. The van der Waals surface area contributed by atoms with E-state index in [-0.39, 0.29) is 29.2 Å². The van der Waals surface area contributed by atoms with Crippen LogP contribution in [0.15, 0.2) is 0 Å². The summed E-state index contributed by atoms with van der Waals surface area (Å²) in [7, 11) is 0. The SMILES string of the molecule is CC1(C)C(C(=O)N2CCC(N)CC2)C1(C)C.Cl. The number of hydrogen-bond donors (Lipinski definition) is 1. The van der Waals surface area contributed by atoms with Gasteiger partial charge in [0.25, 0.3) is 0 Å². The van der Waals surface area contributed by atoms with Crippen molar-refractivity contribution in [3.63, 3.8) is 0 Å². The lowest BCUT2D eigenvalue weighted by atomic mass is 10.0. The van der Waals surface area contributed by atoms with E-state index in [4.69, 9.17) is 5.73 Å². The standard InChI is InChI=1S/C13H24N2O.ClH/c1-12(2)10(13(12,3)4)11(16)15-7-5-9(14)6-8-15;/h9-10H,5-8,14H2,1-4H3;1H. The largest absolute Gasteiger partial charge is 0.342 e. The van der Waals surface area contributed by atoms with Crippen LogP contribution >= 0.6 is 12.4 Å². The summed E-state index contributed by atoms with van der Waals surface area (Å²) in [6, 6.07) is 0.296. The van der Waals surface area contributed by atoms with E-state index in [9.17, 15) is 4.79 Å². The fourth-order valence-electron chi connectivity index (χ4n) is 3.12. The minimum Gasteiger partial charge on any atom is -0.342 e. The second kappa shape index (κ2) is 4.43. The Morgan fingerprint density at radius 1 is 1.12 bits per heavy atom. The molecule has 0 spiro atoms. The van der Waals surface area contributed by atoms with Gasteiger partial charge in [0.2, 0.25) is 5.91 Å². The summed E-state index contributed by atoms with van der Waals surface area (Å²) in [5.74, 6) is 0.552. The van der Waals surface area contributed by atoms with Crippen molar-refractivity contribution in [2.75, 3.05) is 13.1 Å². The monoisotopic (exact) mass is 260 g/mol. The first-order valence-corrected chi connectivity index (χ1v) is 6.33. The number of carbonyl (C=O) groups excluding carboxylic acids is 1. The zero-order valence-electron chi connectivity index (χ0n) is 11.3. The second-order valence-electron chi connectivity index (χ2n) is 6.54. The molecule has 1 aliphatic carbocycles. The van der Waals surface area contributed by atoms with Crippen LogP contribution in [-0.4, -0.2) is 29.9 Å². The lowest BCUT2D eigenvalue weighted by molar-refractivity contribution is -0.134. The molecule has 3 nitrogen and oxygen atoms in total. The molecule has 1 saturated carbocycles. The number of halogens is 1. The predicted molar refractivity (Wildman–Crippen MR) is 72.1 cm³/mol. The Bertz CT molecular complexity index is 293. The molecule has 100 valence electrons. The van der Waals surface area contributed by atoms with Crippen LogP contribution < -0.4 is 5.73 Å². The Hall–Kier alpha value is -0.280. The highest BCUT2D eigenvalue weighted by atomic mass is 35.5. The van der Waals surface area contributed by atoms with Crippen LogP contribution in [0.25, 0.3) is 0 Å². The first-order chi connectivity index (χ1) is 7.28. The van der Waals surface area contributed by atoms with Gasteiger partial charge < -0.3 is 10.6 Å². The van der Waals surface area contributed by atoms with Crippen molar-refractivity contribution in [2.24, 2.45) is 22.5 Å². The number of rotatable bonds is 1. The van der Waals surface area contributed by atoms with E-state index < -0.39 is 0 Å². The molecule has 1 saturated heterocycles. The number of nitrogens with two attached hydrogens (primary N) is 1. The van der Waals surface area contributed by atoms with Crippen molar-refractivity contribution in [3.8, 4) is 0 Å². The van der Waals surface area contributed by atoms with Gasteiger partial charge in [0, 0.05) is 25.0 Å². The van der Waals surface area contributed by atoms with Gasteiger partial charge in [-0.2, -0.15) is 0 Å². The number of hydrogen-bond acceptors (Lipinski definition) is 2. The zero-order valence-corrected chi connectivity index (χ0v) is 12.1. The van der Waals surface area contributed by atoms with Gasteiger partial charge in [0.15, 0.2) is 0 Å². The smallest absolute Gasteiger partial charge is 0.226 e. The highest BCUT2D eigenvalue weighted by Gasteiger charge is 2.68. The summed E-state index contributed by atoms with van der Waals surface area (Å²) in [4.78, 5) is 14.4. The van der Waals surface area contributed by atoms with Crippen molar-refractivity contribution in [1.82, 2.24) is 4.90 Å². The van der Waals surface area contributed by atoms with E-state index in [0.29, 0.717) is 11.9 Å². The molecule has 4 heteroatoms. The maximum atomic E-state index is 12.4. The highest BCUT2D eigenvalue weighted by molar-refractivity contribution is 5.85.